The van der Waals surface area contributed by atoms with E-state index < -0.39 is 9.04 Å². The van der Waals surface area contributed by atoms with Crippen molar-refractivity contribution >= 4 is 14.2 Å². The minimum absolute atomic E-state index is 0.0542. The first-order valence-corrected chi connectivity index (χ1v) is 5.85. The predicted octanol–water partition coefficient (Wildman–Crippen LogP) is 1.85. The lowest BCUT2D eigenvalue weighted by Gasteiger charge is -2.21. The fourth-order valence-electron chi connectivity index (χ4n) is 1.13. The smallest absolute Gasteiger partial charge is 0.258 e. The number of hydrogen-bond donors (Lipinski definition) is 0. The van der Waals surface area contributed by atoms with Crippen molar-refractivity contribution in [3.05, 3.63) is 30.3 Å². The molecule has 12 heavy (non-hydrogen) atoms. The fourth-order valence-corrected chi connectivity index (χ4v) is 2.70. The maximum absolute atomic E-state index is 11.9. The minimum Gasteiger partial charge on any atom is -0.295 e. The topological polar surface area (TPSA) is 19.9 Å². The van der Waals surface area contributed by atoms with E-state index in [-0.39, 0.29) is 5.04 Å². The lowest BCUT2D eigenvalue weighted by molar-refractivity contribution is 0.424. The largest absolute Gasteiger partial charge is 0.295 e. The third-order valence-corrected chi connectivity index (χ3v) is 4.45. The van der Waals surface area contributed by atoms with E-state index in [1.807, 2.05) is 51.1 Å². The molecule has 0 bridgehead atoms. The molecule has 1 unspecified atom stereocenters. The molecule has 1 aromatic carbocycles. The summed E-state index contributed by atoms with van der Waals surface area (Å²) in [7, 11) is -2.00. The van der Waals surface area contributed by atoms with Gasteiger partial charge in [-0.3, -0.25) is 4.80 Å². The molecule has 0 aliphatic rings. The van der Waals surface area contributed by atoms with Crippen molar-refractivity contribution in [2.24, 2.45) is 0 Å². The number of hydrogen-bond acceptors (Lipinski definition) is 0. The van der Waals surface area contributed by atoms with E-state index in [1.54, 1.807) is 0 Å². The average Bonchev–Trinajstić information content (AvgIpc) is 2.03. The first kappa shape index (κ1) is 9.48. The van der Waals surface area contributed by atoms with Crippen molar-refractivity contribution < 1.29 is 4.80 Å². The average molecular weight is 179 g/mol. The molecule has 1 nitrogen and oxygen atoms in total. The molecule has 0 spiro atoms. The molecule has 0 saturated heterocycles. The molecule has 0 amide bonds. The highest BCUT2D eigenvalue weighted by atomic mass is 28.3. The monoisotopic (exact) mass is 179 g/mol. The van der Waals surface area contributed by atoms with Crippen LogP contribution in [-0.2, 0) is 4.80 Å². The Morgan fingerprint density at radius 1 is 1.08 bits per heavy atom. The van der Waals surface area contributed by atoms with Crippen LogP contribution in [0.1, 0.15) is 20.8 Å². The van der Waals surface area contributed by atoms with Gasteiger partial charge in [0.25, 0.3) is 9.04 Å². The highest BCUT2D eigenvalue weighted by Gasteiger charge is 2.27. The summed E-state index contributed by atoms with van der Waals surface area (Å²) >= 11 is 0. The lowest BCUT2D eigenvalue weighted by Crippen LogP contribution is -2.37. The van der Waals surface area contributed by atoms with E-state index in [1.165, 1.54) is 0 Å². The van der Waals surface area contributed by atoms with E-state index in [0.29, 0.717) is 0 Å². The fraction of sp³-hybridized carbons (Fsp3) is 0.400. The molecular formula is C10H15OSi. The van der Waals surface area contributed by atoms with Gasteiger partial charge in [0.05, 0.1) is 0 Å². The van der Waals surface area contributed by atoms with Crippen LogP contribution in [0.15, 0.2) is 30.3 Å². The van der Waals surface area contributed by atoms with E-state index in [2.05, 4.69) is 0 Å². The van der Waals surface area contributed by atoms with Crippen LogP contribution in [0, 0.1) is 0 Å². The molecule has 0 heterocycles. The Hall–Kier alpha value is -0.603. The van der Waals surface area contributed by atoms with Crippen LogP contribution < -0.4 is 5.19 Å². The zero-order valence-electron chi connectivity index (χ0n) is 7.87. The van der Waals surface area contributed by atoms with Crippen LogP contribution in [0.4, 0.5) is 0 Å². The molecule has 1 aromatic rings. The number of benzene rings is 1. The van der Waals surface area contributed by atoms with E-state index >= 15 is 0 Å². The minimum atomic E-state index is -2.00. The van der Waals surface area contributed by atoms with Crippen LogP contribution in [-0.4, -0.2) is 9.04 Å². The highest BCUT2D eigenvalue weighted by Crippen LogP contribution is 2.24. The molecule has 0 aromatic heterocycles. The second-order valence-electron chi connectivity index (χ2n) is 4.16. The van der Waals surface area contributed by atoms with Gasteiger partial charge in [0.15, 0.2) is 0 Å². The Morgan fingerprint density at radius 2 is 1.58 bits per heavy atom. The highest BCUT2D eigenvalue weighted by molar-refractivity contribution is 6.68. The summed E-state index contributed by atoms with van der Waals surface area (Å²) in [5.74, 6) is 0. The van der Waals surface area contributed by atoms with Crippen molar-refractivity contribution in [1.82, 2.24) is 0 Å². The third-order valence-electron chi connectivity index (χ3n) is 1.89. The Labute approximate surface area is 75.8 Å². The van der Waals surface area contributed by atoms with Crippen molar-refractivity contribution in [1.29, 1.82) is 0 Å². The maximum atomic E-state index is 11.9. The molecule has 0 saturated carbocycles. The molecule has 65 valence electrons. The third kappa shape index (κ3) is 2.19. The molecule has 2 heteroatoms. The zero-order chi connectivity index (χ0) is 9.19. The molecule has 1 radical (unpaired) electrons. The van der Waals surface area contributed by atoms with Gasteiger partial charge in [-0.25, -0.2) is 0 Å². The van der Waals surface area contributed by atoms with Gasteiger partial charge in [-0.2, -0.15) is 0 Å². The summed E-state index contributed by atoms with van der Waals surface area (Å²) < 4.78 is 0. The zero-order valence-corrected chi connectivity index (χ0v) is 9.03. The van der Waals surface area contributed by atoms with Gasteiger partial charge >= 0.3 is 0 Å². The molecule has 0 aliphatic carbocycles. The Kier molecular flexibility index (Phi) is 2.70. The van der Waals surface area contributed by atoms with Crippen molar-refractivity contribution in [2.45, 2.75) is 25.8 Å². The normalized spacial score (nSPS) is 14.3. The van der Waals surface area contributed by atoms with Crippen molar-refractivity contribution in [3.63, 3.8) is 0 Å². The quantitative estimate of drug-likeness (QED) is 0.586. The van der Waals surface area contributed by atoms with E-state index in [4.69, 9.17) is 0 Å². The maximum Gasteiger partial charge on any atom is 0.258 e. The van der Waals surface area contributed by atoms with Gasteiger partial charge < -0.3 is 0 Å². The molecule has 0 N–H and O–H groups in total. The van der Waals surface area contributed by atoms with E-state index in [9.17, 15) is 4.80 Å². The summed E-state index contributed by atoms with van der Waals surface area (Å²) in [6, 6.07) is 9.75. The molecule has 1 rings (SSSR count). The molecule has 0 aliphatic heterocycles. The van der Waals surface area contributed by atoms with Crippen molar-refractivity contribution in [3.8, 4) is 0 Å². The first-order chi connectivity index (χ1) is 5.52. The summed E-state index contributed by atoms with van der Waals surface area (Å²) in [5, 5.41) is 0.964. The molecular weight excluding hydrogens is 164 g/mol. The van der Waals surface area contributed by atoms with Gasteiger partial charge in [0.2, 0.25) is 0 Å². The van der Waals surface area contributed by atoms with Crippen molar-refractivity contribution in [2.75, 3.05) is 0 Å². The van der Waals surface area contributed by atoms with Crippen LogP contribution in [0.3, 0.4) is 0 Å². The lowest BCUT2D eigenvalue weighted by atomic mass is 10.2. The van der Waals surface area contributed by atoms with Gasteiger partial charge in [-0.15, -0.1) is 0 Å². The summed E-state index contributed by atoms with van der Waals surface area (Å²) in [6.45, 7) is 6.09. The van der Waals surface area contributed by atoms with Crippen LogP contribution in [0.5, 0.6) is 0 Å². The van der Waals surface area contributed by atoms with Gasteiger partial charge in [-0.1, -0.05) is 51.1 Å². The Bertz CT molecular complexity index is 238. The second kappa shape index (κ2) is 3.41. The van der Waals surface area contributed by atoms with Crippen LogP contribution >= 0.6 is 0 Å². The Balaban J connectivity index is 2.86. The van der Waals surface area contributed by atoms with Gasteiger partial charge in [0.1, 0.15) is 0 Å². The van der Waals surface area contributed by atoms with Gasteiger partial charge in [0, 0.05) is 0 Å². The summed E-state index contributed by atoms with van der Waals surface area (Å²) in [4.78, 5) is 11.9. The summed E-state index contributed by atoms with van der Waals surface area (Å²) in [6.07, 6.45) is 0. The SMILES string of the molecule is CC(C)(C)[SiH]([O])c1ccccc1. The Morgan fingerprint density at radius 3 is 2.00 bits per heavy atom. The first-order valence-electron chi connectivity index (χ1n) is 4.22. The molecule has 0 fully saturated rings. The summed E-state index contributed by atoms with van der Waals surface area (Å²) in [5.41, 5.74) is 0. The van der Waals surface area contributed by atoms with E-state index in [0.717, 1.165) is 5.19 Å². The second-order valence-corrected chi connectivity index (χ2v) is 7.32. The van der Waals surface area contributed by atoms with Crippen LogP contribution in [0.25, 0.3) is 0 Å². The molecule has 1 atom stereocenters. The predicted molar refractivity (Wildman–Crippen MR) is 53.6 cm³/mol. The van der Waals surface area contributed by atoms with Crippen LogP contribution in [0.2, 0.25) is 5.04 Å². The van der Waals surface area contributed by atoms with Gasteiger partial charge in [-0.05, 0) is 10.2 Å². The number of rotatable bonds is 1. The standard InChI is InChI=1S/C10H15OSi/c1-10(2,3)12(11)9-7-5-4-6-8-9/h4-8,12H,1-3H3.